The van der Waals surface area contributed by atoms with E-state index < -0.39 is 5.60 Å². The lowest BCUT2D eigenvalue weighted by molar-refractivity contribution is -0.158. The largest absolute Gasteiger partial charge is 0.382 e. The number of allylic oxidation sites excluding steroid dienone is 1. The molecule has 0 spiro atoms. The van der Waals surface area contributed by atoms with Crippen LogP contribution in [0, 0.1) is 35.0 Å². The first-order chi connectivity index (χ1) is 11.3. The zero-order valence-electron chi connectivity index (χ0n) is 15.2. The van der Waals surface area contributed by atoms with Crippen LogP contribution in [0.4, 0.5) is 0 Å². The maximum atomic E-state index is 12.2. The number of fused-ring (bicyclic) bond motifs is 5. The van der Waals surface area contributed by atoms with Crippen molar-refractivity contribution in [2.45, 2.75) is 71.3 Å². The van der Waals surface area contributed by atoms with Crippen LogP contribution in [0.25, 0.3) is 0 Å². The van der Waals surface area contributed by atoms with Gasteiger partial charge in [0.05, 0.1) is 0 Å². The molecule has 3 heteroatoms. The Hall–Kier alpha value is -0.960. The highest BCUT2D eigenvalue weighted by Gasteiger charge is 2.64. The molecular weight excluding hydrogens is 300 g/mol. The van der Waals surface area contributed by atoms with Gasteiger partial charge in [-0.05, 0) is 81.1 Å². The van der Waals surface area contributed by atoms with E-state index in [9.17, 15) is 14.7 Å². The Morgan fingerprint density at radius 1 is 1.21 bits per heavy atom. The number of rotatable bonds is 1. The van der Waals surface area contributed by atoms with Crippen molar-refractivity contribution in [2.24, 2.45) is 35.0 Å². The molecule has 4 aliphatic carbocycles. The SMILES string of the molecule is CC(=O)C1(O)CC[C@H]2[C@@H]3CCC4=CC(=O)CC(C)[C@@H]4[C@H]3CC[C@@]21C. The quantitative estimate of drug-likeness (QED) is 0.797. The summed E-state index contributed by atoms with van der Waals surface area (Å²) in [5, 5.41) is 11.1. The minimum absolute atomic E-state index is 0.0426. The summed E-state index contributed by atoms with van der Waals surface area (Å²) in [5.41, 5.74) is 0.0189. The lowest BCUT2D eigenvalue weighted by Gasteiger charge is -2.56. The Labute approximate surface area is 144 Å². The molecule has 0 amide bonds. The number of carbonyl (C=O) groups is 2. The maximum absolute atomic E-state index is 12.2. The molecule has 0 aromatic carbocycles. The van der Waals surface area contributed by atoms with Crippen LogP contribution >= 0.6 is 0 Å². The molecule has 7 atom stereocenters. The number of ketones is 2. The summed E-state index contributed by atoms with van der Waals surface area (Å²) in [6.07, 6.45) is 8.44. The van der Waals surface area contributed by atoms with Crippen LogP contribution in [-0.4, -0.2) is 22.3 Å². The number of Topliss-reactive ketones (excluding diaryl/α,β-unsaturated/α-hetero) is 1. The number of carbonyl (C=O) groups excluding carboxylic acids is 2. The van der Waals surface area contributed by atoms with Gasteiger partial charge in [0, 0.05) is 11.8 Å². The van der Waals surface area contributed by atoms with Gasteiger partial charge in [0.25, 0.3) is 0 Å². The van der Waals surface area contributed by atoms with Gasteiger partial charge in [-0.25, -0.2) is 0 Å². The standard InChI is InChI=1S/C21H30O3/c1-12-10-15(23)11-14-4-5-16-17(19(12)14)6-8-20(3)18(16)7-9-21(20,24)13(2)22/h11-12,16-19,24H,4-10H2,1-3H3/t12?,16-,17+,18+,19+,20+,21?/m1/s1. The van der Waals surface area contributed by atoms with Crippen LogP contribution in [-0.2, 0) is 9.59 Å². The predicted octanol–water partition coefficient (Wildman–Crippen LogP) is 3.69. The van der Waals surface area contributed by atoms with Crippen LogP contribution in [0.3, 0.4) is 0 Å². The van der Waals surface area contributed by atoms with E-state index in [-0.39, 0.29) is 11.2 Å². The summed E-state index contributed by atoms with van der Waals surface area (Å²) in [5.74, 6) is 2.96. The van der Waals surface area contributed by atoms with Crippen LogP contribution in [0.1, 0.15) is 65.7 Å². The van der Waals surface area contributed by atoms with E-state index in [0.717, 1.165) is 32.1 Å². The van der Waals surface area contributed by atoms with Crippen molar-refractivity contribution in [3.8, 4) is 0 Å². The Kier molecular flexibility index (Phi) is 3.62. The summed E-state index contributed by atoms with van der Waals surface area (Å²) >= 11 is 0. The van der Waals surface area contributed by atoms with E-state index in [4.69, 9.17) is 0 Å². The number of hydrogen-bond acceptors (Lipinski definition) is 3. The zero-order valence-corrected chi connectivity index (χ0v) is 15.2. The molecule has 3 fully saturated rings. The van der Waals surface area contributed by atoms with Crippen molar-refractivity contribution in [1.82, 2.24) is 0 Å². The monoisotopic (exact) mass is 330 g/mol. The lowest BCUT2D eigenvalue weighted by atomic mass is 9.49. The van der Waals surface area contributed by atoms with Gasteiger partial charge in [0.15, 0.2) is 11.6 Å². The molecule has 1 N–H and O–H groups in total. The van der Waals surface area contributed by atoms with Crippen molar-refractivity contribution in [1.29, 1.82) is 0 Å². The third-order valence-electron chi connectivity index (χ3n) is 8.36. The van der Waals surface area contributed by atoms with Crippen molar-refractivity contribution >= 4 is 11.6 Å². The predicted molar refractivity (Wildman–Crippen MR) is 92.3 cm³/mol. The van der Waals surface area contributed by atoms with Gasteiger partial charge in [-0.3, -0.25) is 9.59 Å². The third kappa shape index (κ3) is 2.00. The summed E-state index contributed by atoms with van der Waals surface area (Å²) in [4.78, 5) is 24.1. The van der Waals surface area contributed by atoms with Gasteiger partial charge in [-0.1, -0.05) is 19.4 Å². The van der Waals surface area contributed by atoms with Crippen molar-refractivity contribution < 1.29 is 14.7 Å². The fraction of sp³-hybridized carbons (Fsp3) is 0.810. The molecule has 0 saturated heterocycles. The van der Waals surface area contributed by atoms with Crippen molar-refractivity contribution in [3.05, 3.63) is 11.6 Å². The Balaban J connectivity index is 1.67. The van der Waals surface area contributed by atoms with Crippen molar-refractivity contribution in [2.75, 3.05) is 0 Å². The topological polar surface area (TPSA) is 54.4 Å². The first-order valence-electron chi connectivity index (χ1n) is 9.74. The second kappa shape index (κ2) is 5.27. The molecule has 2 unspecified atom stereocenters. The summed E-state index contributed by atoms with van der Waals surface area (Å²) in [7, 11) is 0. The molecule has 4 aliphatic rings. The van der Waals surface area contributed by atoms with Gasteiger partial charge in [-0.2, -0.15) is 0 Å². The highest BCUT2D eigenvalue weighted by molar-refractivity contribution is 5.91. The van der Waals surface area contributed by atoms with Crippen LogP contribution in [0.5, 0.6) is 0 Å². The van der Waals surface area contributed by atoms with Crippen LogP contribution in [0.15, 0.2) is 11.6 Å². The molecule has 0 aromatic rings. The van der Waals surface area contributed by atoms with E-state index >= 15 is 0 Å². The summed E-state index contributed by atoms with van der Waals surface area (Å²) in [6.45, 7) is 5.98. The maximum Gasteiger partial charge on any atom is 0.161 e. The second-order valence-electron chi connectivity index (χ2n) is 9.28. The molecule has 24 heavy (non-hydrogen) atoms. The molecule has 4 rings (SSSR count). The fourth-order valence-electron chi connectivity index (χ4n) is 7.21. The molecule has 132 valence electrons. The van der Waals surface area contributed by atoms with Gasteiger partial charge in [0.1, 0.15) is 5.60 Å². The highest BCUT2D eigenvalue weighted by atomic mass is 16.3. The number of hydrogen-bond donors (Lipinski definition) is 1. The van der Waals surface area contributed by atoms with E-state index in [2.05, 4.69) is 13.8 Å². The summed E-state index contributed by atoms with van der Waals surface area (Å²) < 4.78 is 0. The first-order valence-corrected chi connectivity index (χ1v) is 9.74. The fourth-order valence-corrected chi connectivity index (χ4v) is 7.21. The Morgan fingerprint density at radius 2 is 1.96 bits per heavy atom. The van der Waals surface area contributed by atoms with E-state index in [1.807, 2.05) is 6.08 Å². The van der Waals surface area contributed by atoms with Gasteiger partial charge in [-0.15, -0.1) is 0 Å². The minimum Gasteiger partial charge on any atom is -0.382 e. The lowest BCUT2D eigenvalue weighted by Crippen LogP contribution is -2.56. The van der Waals surface area contributed by atoms with Crippen LogP contribution < -0.4 is 0 Å². The summed E-state index contributed by atoms with van der Waals surface area (Å²) in [6, 6.07) is 0. The molecule has 0 radical (unpaired) electrons. The van der Waals surface area contributed by atoms with Crippen molar-refractivity contribution in [3.63, 3.8) is 0 Å². The van der Waals surface area contributed by atoms with Gasteiger partial charge >= 0.3 is 0 Å². The molecule has 0 aromatic heterocycles. The normalized spacial score (nSPS) is 50.6. The Morgan fingerprint density at radius 3 is 2.67 bits per heavy atom. The molecule has 3 nitrogen and oxygen atoms in total. The van der Waals surface area contributed by atoms with Crippen LogP contribution in [0.2, 0.25) is 0 Å². The average molecular weight is 330 g/mol. The van der Waals surface area contributed by atoms with Gasteiger partial charge < -0.3 is 5.11 Å². The highest BCUT2D eigenvalue weighted by Crippen LogP contribution is 2.65. The molecule has 0 aliphatic heterocycles. The molecule has 0 bridgehead atoms. The Bertz CT molecular complexity index is 621. The minimum atomic E-state index is -1.12. The van der Waals surface area contributed by atoms with Gasteiger partial charge in [0.2, 0.25) is 0 Å². The van der Waals surface area contributed by atoms with E-state index in [0.29, 0.717) is 48.2 Å². The number of aliphatic hydroxyl groups is 1. The van der Waals surface area contributed by atoms with E-state index in [1.54, 1.807) is 6.92 Å². The molecule has 0 heterocycles. The van der Waals surface area contributed by atoms with E-state index in [1.165, 1.54) is 5.57 Å². The molecule has 3 saturated carbocycles. The smallest absolute Gasteiger partial charge is 0.161 e. The zero-order chi connectivity index (χ0) is 17.3. The first kappa shape index (κ1) is 16.5. The third-order valence-corrected chi connectivity index (χ3v) is 8.36. The average Bonchev–Trinajstić information content (AvgIpc) is 2.79. The molecular formula is C21H30O3. The second-order valence-corrected chi connectivity index (χ2v) is 9.28.